The van der Waals surface area contributed by atoms with Gasteiger partial charge >= 0.3 is 0 Å². The van der Waals surface area contributed by atoms with Crippen LogP contribution in [0.1, 0.15) is 16.1 Å². The molecule has 0 aliphatic heterocycles. The maximum Gasteiger partial charge on any atom is 0.241 e. The van der Waals surface area contributed by atoms with Gasteiger partial charge in [-0.3, -0.25) is 4.98 Å². The van der Waals surface area contributed by atoms with Crippen LogP contribution in [0, 0.1) is 13.8 Å². The third-order valence-corrected chi connectivity index (χ3v) is 6.89. The molecule has 0 atom stereocenters. The van der Waals surface area contributed by atoms with Gasteiger partial charge in [-0.1, -0.05) is 17.7 Å². The molecule has 2 heterocycles. The molecule has 0 bridgehead atoms. The molecule has 25 heavy (non-hydrogen) atoms. The highest BCUT2D eigenvalue weighted by Crippen LogP contribution is 2.28. The highest BCUT2D eigenvalue weighted by molar-refractivity contribution is 7.89. The Kier molecular flexibility index (Phi) is 5.19. The number of rotatable bonds is 5. The average Bonchev–Trinajstić information content (AvgIpc) is 2.97. The van der Waals surface area contributed by atoms with Crippen molar-refractivity contribution in [1.82, 2.24) is 14.7 Å². The van der Waals surface area contributed by atoms with Crippen molar-refractivity contribution in [2.75, 3.05) is 0 Å². The molecule has 130 valence electrons. The lowest BCUT2D eigenvalue weighted by Gasteiger charge is -2.09. The monoisotopic (exact) mass is 393 g/mol. The molecule has 0 fully saturated rings. The molecule has 1 N–H and O–H groups in total. The summed E-state index contributed by atoms with van der Waals surface area (Å²) in [4.78, 5) is 9.65. The van der Waals surface area contributed by atoms with Gasteiger partial charge in [-0.25, -0.2) is 18.1 Å². The van der Waals surface area contributed by atoms with Gasteiger partial charge in [0.25, 0.3) is 0 Å². The molecule has 0 amide bonds. The molecular formula is C17H16ClN3O2S2. The van der Waals surface area contributed by atoms with E-state index in [1.807, 2.05) is 19.1 Å². The van der Waals surface area contributed by atoms with Crippen LogP contribution >= 0.6 is 22.9 Å². The van der Waals surface area contributed by atoms with E-state index in [1.54, 1.807) is 37.5 Å². The normalized spacial score (nSPS) is 11.6. The number of nitrogens with zero attached hydrogens (tertiary/aromatic N) is 2. The molecule has 0 aliphatic rings. The van der Waals surface area contributed by atoms with Crippen molar-refractivity contribution < 1.29 is 8.42 Å². The lowest BCUT2D eigenvalue weighted by molar-refractivity contribution is 0.581. The van der Waals surface area contributed by atoms with Gasteiger partial charge in [-0.15, -0.1) is 11.3 Å². The maximum atomic E-state index is 12.6. The molecule has 0 spiro atoms. The van der Waals surface area contributed by atoms with Gasteiger partial charge in [0.15, 0.2) is 0 Å². The molecule has 0 unspecified atom stereocenters. The van der Waals surface area contributed by atoms with E-state index >= 15 is 0 Å². The van der Waals surface area contributed by atoms with Gasteiger partial charge in [0, 0.05) is 34.4 Å². The summed E-state index contributed by atoms with van der Waals surface area (Å²) in [6, 6.07) is 8.61. The second-order valence-electron chi connectivity index (χ2n) is 5.46. The minimum absolute atomic E-state index is 0.179. The van der Waals surface area contributed by atoms with Crippen LogP contribution in [0.4, 0.5) is 0 Å². The molecule has 0 saturated heterocycles. The highest BCUT2D eigenvalue weighted by Gasteiger charge is 2.19. The minimum Gasteiger partial charge on any atom is -0.264 e. The van der Waals surface area contributed by atoms with Crippen LogP contribution in [-0.2, 0) is 16.6 Å². The molecule has 3 rings (SSSR count). The Bertz CT molecular complexity index is 1000. The lowest BCUT2D eigenvalue weighted by Crippen LogP contribution is -2.24. The summed E-state index contributed by atoms with van der Waals surface area (Å²) in [5, 5.41) is 1.24. The van der Waals surface area contributed by atoms with Crippen molar-refractivity contribution in [3.05, 3.63) is 63.9 Å². The fraction of sp³-hybridized carbons (Fsp3) is 0.176. The van der Waals surface area contributed by atoms with Gasteiger partial charge < -0.3 is 0 Å². The largest absolute Gasteiger partial charge is 0.264 e. The topological polar surface area (TPSA) is 72.0 Å². The Hall–Kier alpha value is -1.80. The van der Waals surface area contributed by atoms with Crippen molar-refractivity contribution in [1.29, 1.82) is 0 Å². The number of benzene rings is 1. The summed E-state index contributed by atoms with van der Waals surface area (Å²) >= 11 is 7.48. The number of hydrogen-bond acceptors (Lipinski definition) is 5. The zero-order valence-electron chi connectivity index (χ0n) is 13.7. The van der Waals surface area contributed by atoms with Crippen molar-refractivity contribution >= 4 is 33.0 Å². The van der Waals surface area contributed by atoms with Crippen LogP contribution in [0.2, 0.25) is 5.02 Å². The molecule has 0 saturated carbocycles. The fourth-order valence-electron chi connectivity index (χ4n) is 2.32. The number of aryl methyl sites for hydroxylation is 1. The molecule has 0 radical (unpaired) electrons. The first-order valence-corrected chi connectivity index (χ1v) is 10.2. The Labute approximate surface area is 155 Å². The molecule has 8 heteroatoms. The summed E-state index contributed by atoms with van der Waals surface area (Å²) in [7, 11) is -3.65. The second kappa shape index (κ2) is 7.21. The van der Waals surface area contributed by atoms with Crippen molar-refractivity contribution in [3.63, 3.8) is 0 Å². The number of sulfonamides is 1. The Balaban J connectivity index is 1.82. The third kappa shape index (κ3) is 3.90. The quantitative estimate of drug-likeness (QED) is 0.712. The Morgan fingerprint density at radius 1 is 1.20 bits per heavy atom. The fourth-order valence-corrected chi connectivity index (χ4v) is 4.90. The van der Waals surface area contributed by atoms with E-state index in [9.17, 15) is 8.42 Å². The molecule has 1 aromatic carbocycles. The second-order valence-corrected chi connectivity index (χ2v) is 8.68. The van der Waals surface area contributed by atoms with Gasteiger partial charge in [0.2, 0.25) is 10.0 Å². The van der Waals surface area contributed by atoms with Crippen LogP contribution < -0.4 is 4.72 Å². The van der Waals surface area contributed by atoms with E-state index in [0.29, 0.717) is 10.6 Å². The molecule has 0 aliphatic carbocycles. The van der Waals surface area contributed by atoms with Gasteiger partial charge in [-0.2, -0.15) is 0 Å². The number of aromatic nitrogens is 2. The summed E-state index contributed by atoms with van der Waals surface area (Å²) in [6.07, 6.45) is 3.44. The number of thiazole rings is 1. The van der Waals surface area contributed by atoms with Crippen molar-refractivity contribution in [3.8, 4) is 10.6 Å². The van der Waals surface area contributed by atoms with Gasteiger partial charge in [0.1, 0.15) is 5.01 Å². The van der Waals surface area contributed by atoms with E-state index in [4.69, 9.17) is 11.6 Å². The highest BCUT2D eigenvalue weighted by atomic mass is 35.5. The number of halogens is 1. The lowest BCUT2D eigenvalue weighted by atomic mass is 10.2. The Morgan fingerprint density at radius 3 is 2.72 bits per heavy atom. The van der Waals surface area contributed by atoms with Crippen molar-refractivity contribution in [2.24, 2.45) is 0 Å². The Morgan fingerprint density at radius 2 is 2.00 bits per heavy atom. The predicted octanol–water partition coefficient (Wildman–Crippen LogP) is 3.95. The van der Waals surface area contributed by atoms with Crippen molar-refractivity contribution in [2.45, 2.75) is 25.3 Å². The van der Waals surface area contributed by atoms with Gasteiger partial charge in [-0.05, 0) is 43.7 Å². The minimum atomic E-state index is -3.65. The SMILES string of the molecule is Cc1nc(-c2cccnc2)sc1CNS(=O)(=O)c1cccc(Cl)c1C. The predicted molar refractivity (Wildman–Crippen MR) is 100 cm³/mol. The van der Waals surface area contributed by atoms with Crippen LogP contribution in [0.3, 0.4) is 0 Å². The van der Waals surface area contributed by atoms with Crippen LogP contribution in [-0.4, -0.2) is 18.4 Å². The van der Waals surface area contributed by atoms with E-state index in [2.05, 4.69) is 14.7 Å². The molecular weight excluding hydrogens is 378 g/mol. The van der Waals surface area contributed by atoms with Crippen LogP contribution in [0.25, 0.3) is 10.6 Å². The first-order valence-electron chi connectivity index (χ1n) is 7.50. The zero-order valence-corrected chi connectivity index (χ0v) is 16.0. The molecule has 2 aromatic heterocycles. The van der Waals surface area contributed by atoms with E-state index < -0.39 is 10.0 Å². The standard InChI is InChI=1S/C17H16ClN3O2S2/c1-11-14(18)6-3-7-16(11)25(22,23)20-10-15-12(2)21-17(24-15)13-5-4-8-19-9-13/h3-9,20H,10H2,1-2H3. The number of hydrogen-bond donors (Lipinski definition) is 1. The summed E-state index contributed by atoms with van der Waals surface area (Å²) in [6.45, 7) is 3.73. The molecule has 3 aromatic rings. The maximum absolute atomic E-state index is 12.6. The zero-order chi connectivity index (χ0) is 18.0. The van der Waals surface area contributed by atoms with E-state index in [1.165, 1.54) is 11.3 Å². The summed E-state index contributed by atoms with van der Waals surface area (Å²) < 4.78 is 27.8. The summed E-state index contributed by atoms with van der Waals surface area (Å²) in [5.74, 6) is 0. The van der Waals surface area contributed by atoms with E-state index in [0.717, 1.165) is 21.1 Å². The van der Waals surface area contributed by atoms with E-state index in [-0.39, 0.29) is 11.4 Å². The third-order valence-electron chi connectivity index (χ3n) is 3.73. The smallest absolute Gasteiger partial charge is 0.241 e. The average molecular weight is 394 g/mol. The van der Waals surface area contributed by atoms with Crippen LogP contribution in [0.5, 0.6) is 0 Å². The van der Waals surface area contributed by atoms with Crippen LogP contribution in [0.15, 0.2) is 47.6 Å². The molecule has 5 nitrogen and oxygen atoms in total. The first kappa shape index (κ1) is 18.0. The van der Waals surface area contributed by atoms with Gasteiger partial charge in [0.05, 0.1) is 10.6 Å². The summed E-state index contributed by atoms with van der Waals surface area (Å²) in [5.41, 5.74) is 2.25. The number of pyridine rings is 1. The number of nitrogens with one attached hydrogen (secondary N) is 1. The first-order chi connectivity index (χ1) is 11.9.